The van der Waals surface area contributed by atoms with Gasteiger partial charge in [0.2, 0.25) is 0 Å². The monoisotopic (exact) mass is 621 g/mol. The molecule has 0 bridgehead atoms. The van der Waals surface area contributed by atoms with Crippen LogP contribution in [0.5, 0.6) is 11.5 Å². The number of hydrogen-bond acceptors (Lipinski definition) is 8. The maximum atomic E-state index is 14.2. The predicted molar refractivity (Wildman–Crippen MR) is 176 cm³/mol. The average Bonchev–Trinajstić information content (AvgIpc) is 3.68. The smallest absolute Gasteiger partial charge is 0.334 e. The van der Waals surface area contributed by atoms with Crippen LogP contribution in [0.2, 0.25) is 0 Å². The van der Waals surface area contributed by atoms with E-state index in [2.05, 4.69) is 16.0 Å². The summed E-state index contributed by atoms with van der Waals surface area (Å²) < 4.78 is 14.7. The van der Waals surface area contributed by atoms with Crippen molar-refractivity contribution in [2.75, 3.05) is 39.0 Å². The molecule has 4 aromatic rings. The van der Waals surface area contributed by atoms with Crippen molar-refractivity contribution in [1.29, 1.82) is 5.26 Å². The highest BCUT2D eigenvalue weighted by Gasteiger charge is 2.35. The predicted octanol–water partition coefficient (Wildman–Crippen LogP) is 4.67. The number of hydrogen-bond donors (Lipinski definition) is 1. The van der Waals surface area contributed by atoms with E-state index in [0.29, 0.717) is 54.2 Å². The minimum absolute atomic E-state index is 0.104. The Balaban J connectivity index is 1.28. The fourth-order valence-corrected chi connectivity index (χ4v) is 6.62. The van der Waals surface area contributed by atoms with E-state index in [1.54, 1.807) is 51.6 Å². The van der Waals surface area contributed by atoms with E-state index < -0.39 is 5.54 Å². The number of aromatic nitrogens is 3. The highest BCUT2D eigenvalue weighted by atomic mass is 16.5. The number of benzene rings is 2. The van der Waals surface area contributed by atoms with Gasteiger partial charge >= 0.3 is 5.69 Å². The van der Waals surface area contributed by atoms with Gasteiger partial charge in [0.15, 0.2) is 0 Å². The van der Waals surface area contributed by atoms with Crippen molar-refractivity contribution in [2.45, 2.75) is 50.8 Å². The Hall–Kier alpha value is -4.92. The largest absolute Gasteiger partial charge is 0.457 e. The van der Waals surface area contributed by atoms with Crippen LogP contribution in [0.25, 0.3) is 16.7 Å². The van der Waals surface area contributed by atoms with E-state index in [9.17, 15) is 14.9 Å². The molecular weight excluding hydrogens is 582 g/mol. The standard InChI is InChI=1S/C35H39N7O4/c1-35(2,40-19-16-29(23-40)45-3)20-24(21-36)33(43)39-18-7-8-26(22-39)41-30-15-17-38-32(37)31(30)42(34(41)44)25-11-13-28(14-12-25)46-27-9-5-4-6-10-27/h4-6,9-15,17,20,26,29H,7-8,16,18-19,22-23H2,1-3H3,(H2,37,38)/t26-,29-/m1/s1. The van der Waals surface area contributed by atoms with Crippen LogP contribution in [0.3, 0.4) is 0 Å². The Morgan fingerprint density at radius 2 is 1.78 bits per heavy atom. The molecule has 11 nitrogen and oxygen atoms in total. The number of amides is 1. The minimum atomic E-state index is -0.500. The minimum Gasteiger partial charge on any atom is -0.457 e. The molecule has 0 radical (unpaired) electrons. The van der Waals surface area contributed by atoms with Crippen LogP contribution in [0.1, 0.15) is 39.2 Å². The van der Waals surface area contributed by atoms with E-state index in [0.717, 1.165) is 19.5 Å². The molecule has 4 heterocycles. The molecule has 2 saturated heterocycles. The second-order valence-electron chi connectivity index (χ2n) is 12.4. The molecule has 0 saturated carbocycles. The highest BCUT2D eigenvalue weighted by molar-refractivity contribution is 5.97. The summed E-state index contributed by atoms with van der Waals surface area (Å²) in [6, 6.07) is 20.3. The molecule has 2 aromatic heterocycles. The number of pyridine rings is 1. The van der Waals surface area contributed by atoms with Gasteiger partial charge in [-0.25, -0.2) is 9.78 Å². The summed E-state index contributed by atoms with van der Waals surface area (Å²) >= 11 is 0. The Bertz CT molecular complexity index is 1850. The lowest BCUT2D eigenvalue weighted by Crippen LogP contribution is -2.45. The van der Waals surface area contributed by atoms with Crippen LogP contribution in [0.15, 0.2) is 83.3 Å². The number of nitrogens with zero attached hydrogens (tertiary/aromatic N) is 6. The number of fused-ring (bicyclic) bond motifs is 1. The molecule has 0 aliphatic carbocycles. The number of rotatable bonds is 8. The average molecular weight is 622 g/mol. The number of para-hydroxylation sites is 1. The van der Waals surface area contributed by atoms with Crippen molar-refractivity contribution in [3.05, 3.63) is 89.0 Å². The summed E-state index contributed by atoms with van der Waals surface area (Å²) in [7, 11) is 1.71. The number of ether oxygens (including phenoxy) is 2. The zero-order chi connectivity index (χ0) is 32.4. The molecule has 46 heavy (non-hydrogen) atoms. The molecule has 2 N–H and O–H groups in total. The van der Waals surface area contributed by atoms with Gasteiger partial charge in [-0.2, -0.15) is 5.26 Å². The van der Waals surface area contributed by atoms with Crippen LogP contribution >= 0.6 is 0 Å². The second-order valence-corrected chi connectivity index (χ2v) is 12.4. The number of anilines is 1. The van der Waals surface area contributed by atoms with Crippen LogP contribution in [-0.2, 0) is 9.53 Å². The maximum absolute atomic E-state index is 14.2. The van der Waals surface area contributed by atoms with Crippen molar-refractivity contribution >= 4 is 22.8 Å². The van der Waals surface area contributed by atoms with Crippen LogP contribution in [0.4, 0.5) is 5.82 Å². The fourth-order valence-electron chi connectivity index (χ4n) is 6.62. The van der Waals surface area contributed by atoms with Crippen molar-refractivity contribution in [3.63, 3.8) is 0 Å². The van der Waals surface area contributed by atoms with Gasteiger partial charge in [-0.05, 0) is 81.7 Å². The van der Waals surface area contributed by atoms with Gasteiger partial charge < -0.3 is 20.1 Å². The normalized spacial score (nSPS) is 19.3. The number of carbonyl (C=O) groups excluding carboxylic acids is 1. The van der Waals surface area contributed by atoms with E-state index >= 15 is 0 Å². The zero-order valence-electron chi connectivity index (χ0n) is 26.4. The van der Waals surface area contributed by atoms with Crippen molar-refractivity contribution in [3.8, 4) is 23.3 Å². The number of carbonyl (C=O) groups is 1. The van der Waals surface area contributed by atoms with E-state index in [1.807, 2.05) is 56.3 Å². The third kappa shape index (κ3) is 6.01. The molecule has 2 aliphatic rings. The van der Waals surface area contributed by atoms with Crippen molar-refractivity contribution < 1.29 is 14.3 Å². The van der Waals surface area contributed by atoms with Crippen LogP contribution in [-0.4, -0.2) is 74.8 Å². The summed E-state index contributed by atoms with van der Waals surface area (Å²) in [4.78, 5) is 36.2. The lowest BCUT2D eigenvalue weighted by Gasteiger charge is -2.35. The number of nitrogen functional groups attached to an aromatic ring is 1. The van der Waals surface area contributed by atoms with Gasteiger partial charge in [0.25, 0.3) is 5.91 Å². The number of nitriles is 1. The molecule has 2 fully saturated rings. The van der Waals surface area contributed by atoms with E-state index in [-0.39, 0.29) is 35.1 Å². The highest BCUT2D eigenvalue weighted by Crippen LogP contribution is 2.31. The summed E-state index contributed by atoms with van der Waals surface area (Å²) in [6.07, 6.45) is 5.79. The molecule has 0 spiro atoms. The summed E-state index contributed by atoms with van der Waals surface area (Å²) in [6.45, 7) is 6.40. The molecule has 1 amide bonds. The SMILES string of the molecule is CO[C@@H]1CCN(C(C)(C)C=C(C#N)C(=O)N2CCC[C@@H](n3c(=O)n(-c4ccc(Oc5ccccc5)cc4)c4c(N)nccc43)C2)C1. The molecule has 0 unspecified atom stereocenters. The van der Waals surface area contributed by atoms with Gasteiger partial charge in [0.05, 0.1) is 23.3 Å². The summed E-state index contributed by atoms with van der Waals surface area (Å²) in [5.41, 5.74) is 7.46. The van der Waals surface area contributed by atoms with Crippen molar-refractivity contribution in [1.82, 2.24) is 23.9 Å². The Labute approximate surface area is 268 Å². The molecule has 2 atom stereocenters. The molecule has 6 rings (SSSR count). The van der Waals surface area contributed by atoms with E-state index in [1.165, 1.54) is 0 Å². The van der Waals surface area contributed by atoms with Gasteiger partial charge in [-0.15, -0.1) is 0 Å². The van der Waals surface area contributed by atoms with Gasteiger partial charge in [-0.1, -0.05) is 18.2 Å². The number of imidazole rings is 1. The second kappa shape index (κ2) is 12.8. The fraction of sp³-hybridized carbons (Fsp3) is 0.371. The first-order chi connectivity index (χ1) is 22.2. The van der Waals surface area contributed by atoms with E-state index in [4.69, 9.17) is 15.2 Å². The molecule has 238 valence electrons. The van der Waals surface area contributed by atoms with Crippen LogP contribution < -0.4 is 16.2 Å². The molecule has 2 aliphatic heterocycles. The molecule has 11 heteroatoms. The number of piperidine rings is 1. The summed E-state index contributed by atoms with van der Waals surface area (Å²) in [5, 5.41) is 10.1. The Morgan fingerprint density at radius 3 is 2.48 bits per heavy atom. The molecular formula is C35H39N7O4. The Kier molecular flexibility index (Phi) is 8.67. The van der Waals surface area contributed by atoms with Gasteiger partial charge in [-0.3, -0.25) is 18.8 Å². The topological polar surface area (TPSA) is 132 Å². The Morgan fingerprint density at radius 1 is 1.04 bits per heavy atom. The van der Waals surface area contributed by atoms with Crippen LogP contribution in [0, 0.1) is 11.3 Å². The first-order valence-electron chi connectivity index (χ1n) is 15.6. The zero-order valence-corrected chi connectivity index (χ0v) is 26.4. The number of methoxy groups -OCH3 is 1. The molecule has 2 aromatic carbocycles. The third-order valence-corrected chi connectivity index (χ3v) is 9.08. The number of nitrogens with two attached hydrogens (primary N) is 1. The lowest BCUT2D eigenvalue weighted by atomic mass is 9.98. The number of likely N-dealkylation sites (tertiary alicyclic amines) is 2. The summed E-state index contributed by atoms with van der Waals surface area (Å²) in [5.74, 6) is 1.25. The first-order valence-corrected chi connectivity index (χ1v) is 15.6. The third-order valence-electron chi connectivity index (χ3n) is 9.08. The lowest BCUT2D eigenvalue weighted by molar-refractivity contribution is -0.128. The van der Waals surface area contributed by atoms with Gasteiger partial charge in [0, 0.05) is 45.0 Å². The van der Waals surface area contributed by atoms with Crippen molar-refractivity contribution in [2.24, 2.45) is 0 Å². The van der Waals surface area contributed by atoms with Gasteiger partial charge in [0.1, 0.15) is 34.5 Å². The maximum Gasteiger partial charge on any atom is 0.334 e. The first kappa shape index (κ1) is 31.1. The quantitative estimate of drug-likeness (QED) is 0.222.